The van der Waals surface area contributed by atoms with Crippen molar-refractivity contribution in [1.82, 2.24) is 10.2 Å². The molecule has 116 valence electrons. The molecular formula is C16H14N4O3. The number of fused-ring (bicyclic) bond motifs is 1. The minimum atomic E-state index is -0.586. The number of rotatable bonds is 2. The number of aromatic amines is 1. The fourth-order valence-corrected chi connectivity index (χ4v) is 2.59. The Kier molecular flexibility index (Phi) is 3.50. The van der Waals surface area contributed by atoms with Gasteiger partial charge in [-0.2, -0.15) is 5.26 Å². The van der Waals surface area contributed by atoms with Gasteiger partial charge in [0.2, 0.25) is 11.8 Å². The van der Waals surface area contributed by atoms with E-state index in [1.807, 2.05) is 31.2 Å². The van der Waals surface area contributed by atoms with Crippen molar-refractivity contribution in [2.24, 2.45) is 5.73 Å². The first-order valence-corrected chi connectivity index (χ1v) is 6.87. The average molecular weight is 310 g/mol. The van der Waals surface area contributed by atoms with Crippen LogP contribution in [0.25, 0.3) is 0 Å². The van der Waals surface area contributed by atoms with Gasteiger partial charge in [0.15, 0.2) is 5.69 Å². The number of nitrogens with one attached hydrogen (secondary N) is 1. The van der Waals surface area contributed by atoms with Gasteiger partial charge >= 0.3 is 5.97 Å². The molecule has 0 radical (unpaired) electrons. The summed E-state index contributed by atoms with van der Waals surface area (Å²) in [6.45, 7) is 1.96. The molecule has 0 amide bonds. The number of carbonyl (C=O) groups is 1. The largest absolute Gasteiger partial charge is 0.464 e. The van der Waals surface area contributed by atoms with Crippen LogP contribution < -0.4 is 10.5 Å². The molecule has 0 saturated carbocycles. The molecule has 1 aliphatic rings. The van der Waals surface area contributed by atoms with E-state index in [9.17, 15) is 10.1 Å². The number of benzene rings is 1. The number of H-pyrrole nitrogens is 1. The van der Waals surface area contributed by atoms with Gasteiger partial charge in [0.25, 0.3) is 0 Å². The van der Waals surface area contributed by atoms with E-state index in [0.29, 0.717) is 5.56 Å². The third-order valence-corrected chi connectivity index (χ3v) is 3.74. The second kappa shape index (κ2) is 5.50. The fourth-order valence-electron chi connectivity index (χ4n) is 2.59. The van der Waals surface area contributed by atoms with E-state index in [4.69, 9.17) is 15.2 Å². The Bertz CT molecular complexity index is 843. The summed E-state index contributed by atoms with van der Waals surface area (Å²) in [6.07, 6.45) is 0. The molecule has 2 aromatic rings. The average Bonchev–Trinajstić information content (AvgIpc) is 2.97. The van der Waals surface area contributed by atoms with Crippen LogP contribution in [0.5, 0.6) is 5.88 Å². The Morgan fingerprint density at radius 1 is 1.43 bits per heavy atom. The second-order valence-corrected chi connectivity index (χ2v) is 5.14. The van der Waals surface area contributed by atoms with Gasteiger partial charge in [-0.3, -0.25) is 5.10 Å². The highest BCUT2D eigenvalue weighted by molar-refractivity contribution is 5.90. The Balaban J connectivity index is 2.23. The minimum Gasteiger partial charge on any atom is -0.464 e. The lowest BCUT2D eigenvalue weighted by Gasteiger charge is -2.23. The van der Waals surface area contributed by atoms with Crippen LogP contribution in [-0.2, 0) is 4.74 Å². The van der Waals surface area contributed by atoms with Crippen LogP contribution in [0.1, 0.15) is 33.1 Å². The summed E-state index contributed by atoms with van der Waals surface area (Å²) in [4.78, 5) is 12.0. The van der Waals surface area contributed by atoms with Crippen LogP contribution in [0.15, 0.2) is 35.7 Å². The maximum atomic E-state index is 12.0. The molecule has 0 fully saturated rings. The van der Waals surface area contributed by atoms with E-state index in [1.54, 1.807) is 0 Å². The van der Waals surface area contributed by atoms with Gasteiger partial charge in [-0.05, 0) is 12.5 Å². The fraction of sp³-hybridized carbons (Fsp3) is 0.188. The van der Waals surface area contributed by atoms with Crippen molar-refractivity contribution in [1.29, 1.82) is 5.26 Å². The number of hydrogen-bond donors (Lipinski definition) is 2. The topological polar surface area (TPSA) is 114 Å². The molecule has 1 aromatic carbocycles. The number of nitrogens with zero attached hydrogens (tertiary/aromatic N) is 2. The summed E-state index contributed by atoms with van der Waals surface area (Å²) < 4.78 is 10.1. The van der Waals surface area contributed by atoms with E-state index in [1.165, 1.54) is 7.11 Å². The van der Waals surface area contributed by atoms with Crippen molar-refractivity contribution in [3.8, 4) is 11.9 Å². The zero-order valence-electron chi connectivity index (χ0n) is 12.6. The summed E-state index contributed by atoms with van der Waals surface area (Å²) in [6, 6.07) is 9.68. The number of nitriles is 1. The lowest BCUT2D eigenvalue weighted by Crippen LogP contribution is -2.22. The van der Waals surface area contributed by atoms with E-state index in [-0.39, 0.29) is 23.0 Å². The van der Waals surface area contributed by atoms with Crippen LogP contribution in [0, 0.1) is 18.3 Å². The molecule has 23 heavy (non-hydrogen) atoms. The van der Waals surface area contributed by atoms with Gasteiger partial charge in [0, 0.05) is 0 Å². The van der Waals surface area contributed by atoms with Gasteiger partial charge in [-0.1, -0.05) is 29.8 Å². The SMILES string of the molecule is COC(=O)c1[nH]nc2c1C(c1ccc(C)cc1)C(C#N)=C(N)O2. The molecule has 3 N–H and O–H groups in total. The summed E-state index contributed by atoms with van der Waals surface area (Å²) >= 11 is 0. The number of nitrogens with two attached hydrogens (primary N) is 1. The molecule has 7 nitrogen and oxygen atoms in total. The molecule has 0 bridgehead atoms. The van der Waals surface area contributed by atoms with Crippen molar-refractivity contribution in [2.45, 2.75) is 12.8 Å². The molecule has 0 aliphatic carbocycles. The second-order valence-electron chi connectivity index (χ2n) is 5.14. The maximum absolute atomic E-state index is 12.0. The van der Waals surface area contributed by atoms with E-state index in [0.717, 1.165) is 11.1 Å². The van der Waals surface area contributed by atoms with Gasteiger partial charge < -0.3 is 15.2 Å². The van der Waals surface area contributed by atoms with E-state index >= 15 is 0 Å². The molecule has 1 aromatic heterocycles. The Morgan fingerprint density at radius 2 is 2.13 bits per heavy atom. The maximum Gasteiger partial charge on any atom is 0.356 e. The standard InChI is InChI=1S/C16H14N4O3/c1-8-3-5-9(6-4-8)11-10(7-17)14(18)23-15-12(11)13(19-20-15)16(21)22-2/h3-6,11H,18H2,1-2H3,(H,19,20). The molecule has 1 atom stereocenters. The monoisotopic (exact) mass is 310 g/mol. The Morgan fingerprint density at radius 3 is 2.74 bits per heavy atom. The lowest BCUT2D eigenvalue weighted by atomic mass is 9.84. The molecule has 0 saturated heterocycles. The quantitative estimate of drug-likeness (QED) is 0.816. The number of aryl methyl sites for hydroxylation is 1. The first kappa shape index (κ1) is 14.7. The summed E-state index contributed by atoms with van der Waals surface area (Å²) in [5, 5.41) is 16.1. The number of allylic oxidation sites excluding steroid dienone is 1. The molecule has 1 unspecified atom stereocenters. The number of ether oxygens (including phenoxy) is 2. The van der Waals surface area contributed by atoms with Crippen LogP contribution in [0.3, 0.4) is 0 Å². The predicted octanol–water partition coefficient (Wildman–Crippen LogP) is 1.72. The van der Waals surface area contributed by atoms with Crippen molar-refractivity contribution in [3.63, 3.8) is 0 Å². The highest BCUT2D eigenvalue weighted by atomic mass is 16.5. The number of aromatic nitrogens is 2. The first-order valence-electron chi connectivity index (χ1n) is 6.87. The van der Waals surface area contributed by atoms with E-state index < -0.39 is 11.9 Å². The third-order valence-electron chi connectivity index (χ3n) is 3.74. The lowest BCUT2D eigenvalue weighted by molar-refractivity contribution is 0.0592. The highest BCUT2D eigenvalue weighted by Crippen LogP contribution is 2.42. The predicted molar refractivity (Wildman–Crippen MR) is 80.4 cm³/mol. The van der Waals surface area contributed by atoms with Crippen LogP contribution in [0.4, 0.5) is 0 Å². The van der Waals surface area contributed by atoms with E-state index in [2.05, 4.69) is 16.3 Å². The molecule has 7 heteroatoms. The van der Waals surface area contributed by atoms with Crippen molar-refractivity contribution < 1.29 is 14.3 Å². The van der Waals surface area contributed by atoms with Gasteiger partial charge in [0.05, 0.1) is 18.6 Å². The molecular weight excluding hydrogens is 296 g/mol. The zero-order chi connectivity index (χ0) is 16.6. The number of carbonyl (C=O) groups excluding carboxylic acids is 1. The molecule has 3 rings (SSSR count). The zero-order valence-corrected chi connectivity index (χ0v) is 12.6. The minimum absolute atomic E-state index is 0.0199. The van der Waals surface area contributed by atoms with Gasteiger partial charge in [0.1, 0.15) is 11.6 Å². The van der Waals surface area contributed by atoms with Crippen molar-refractivity contribution in [3.05, 3.63) is 58.1 Å². The number of hydrogen-bond acceptors (Lipinski definition) is 6. The third kappa shape index (κ3) is 2.30. The Hall–Kier alpha value is -3.27. The van der Waals surface area contributed by atoms with Crippen molar-refractivity contribution in [2.75, 3.05) is 7.11 Å². The highest BCUT2D eigenvalue weighted by Gasteiger charge is 2.37. The molecule has 0 spiro atoms. The summed E-state index contributed by atoms with van der Waals surface area (Å²) in [5.41, 5.74) is 8.56. The van der Waals surface area contributed by atoms with Crippen LogP contribution in [0.2, 0.25) is 0 Å². The summed E-state index contributed by atoms with van der Waals surface area (Å²) in [7, 11) is 1.27. The number of methoxy groups -OCH3 is 1. The Labute approximate surface area is 132 Å². The van der Waals surface area contributed by atoms with Crippen LogP contribution in [-0.4, -0.2) is 23.3 Å². The number of esters is 1. The molecule has 2 heterocycles. The van der Waals surface area contributed by atoms with Crippen molar-refractivity contribution >= 4 is 5.97 Å². The smallest absolute Gasteiger partial charge is 0.356 e. The first-order chi connectivity index (χ1) is 11.1. The molecule has 1 aliphatic heterocycles. The van der Waals surface area contributed by atoms with Gasteiger partial charge in [-0.15, -0.1) is 5.10 Å². The normalized spacial score (nSPS) is 16.3. The van der Waals surface area contributed by atoms with Crippen LogP contribution >= 0.6 is 0 Å². The van der Waals surface area contributed by atoms with Gasteiger partial charge in [-0.25, -0.2) is 4.79 Å². The summed E-state index contributed by atoms with van der Waals surface area (Å²) in [5.74, 6) is -0.976.